The van der Waals surface area contributed by atoms with E-state index in [1.165, 1.54) is 11.3 Å². The van der Waals surface area contributed by atoms with E-state index in [0.29, 0.717) is 16.8 Å². The van der Waals surface area contributed by atoms with Crippen molar-refractivity contribution in [2.75, 3.05) is 4.72 Å². The molecular formula is C16H17N3O3S2. The summed E-state index contributed by atoms with van der Waals surface area (Å²) in [6.07, 6.45) is 0. The van der Waals surface area contributed by atoms with E-state index < -0.39 is 10.0 Å². The van der Waals surface area contributed by atoms with Crippen molar-refractivity contribution < 1.29 is 12.8 Å². The average molecular weight is 363 g/mol. The molecule has 0 saturated heterocycles. The molecule has 2 heterocycles. The van der Waals surface area contributed by atoms with E-state index in [9.17, 15) is 8.42 Å². The van der Waals surface area contributed by atoms with Gasteiger partial charge in [0.15, 0.2) is 11.0 Å². The van der Waals surface area contributed by atoms with Gasteiger partial charge >= 0.3 is 0 Å². The molecule has 0 fully saturated rings. The Bertz CT molecular complexity index is 967. The summed E-state index contributed by atoms with van der Waals surface area (Å²) in [5.41, 5.74) is 2.35. The molecule has 0 unspecified atom stereocenters. The van der Waals surface area contributed by atoms with Gasteiger partial charge in [-0.15, -0.1) is 11.3 Å². The molecule has 0 atom stereocenters. The van der Waals surface area contributed by atoms with Gasteiger partial charge in [0.1, 0.15) is 11.5 Å². The highest BCUT2D eigenvalue weighted by Gasteiger charge is 2.17. The van der Waals surface area contributed by atoms with E-state index in [4.69, 9.17) is 4.42 Å². The Morgan fingerprint density at radius 1 is 1.04 bits per heavy atom. The van der Waals surface area contributed by atoms with Crippen LogP contribution in [0.15, 0.2) is 33.6 Å². The number of hydrogen-bond donors (Lipinski definition) is 1. The second kappa shape index (κ2) is 6.03. The van der Waals surface area contributed by atoms with Crippen molar-refractivity contribution in [2.24, 2.45) is 0 Å². The van der Waals surface area contributed by atoms with Crippen LogP contribution < -0.4 is 4.72 Å². The molecule has 2 aromatic heterocycles. The minimum Gasteiger partial charge on any atom is -0.446 e. The molecule has 6 nitrogen and oxygen atoms in total. The van der Waals surface area contributed by atoms with Crippen molar-refractivity contribution in [1.82, 2.24) is 9.97 Å². The number of rotatable bonds is 4. The molecule has 3 rings (SSSR count). The van der Waals surface area contributed by atoms with Crippen LogP contribution in [0.25, 0.3) is 11.3 Å². The van der Waals surface area contributed by atoms with E-state index in [0.717, 1.165) is 21.8 Å². The lowest BCUT2D eigenvalue weighted by molar-refractivity contribution is 0.495. The van der Waals surface area contributed by atoms with Gasteiger partial charge in [0.25, 0.3) is 10.0 Å². The smallest absolute Gasteiger partial charge is 0.263 e. The number of aryl methyl sites for hydroxylation is 4. The van der Waals surface area contributed by atoms with Gasteiger partial charge in [-0.2, -0.15) is 0 Å². The largest absolute Gasteiger partial charge is 0.446 e. The number of hydrogen-bond acceptors (Lipinski definition) is 6. The van der Waals surface area contributed by atoms with Crippen LogP contribution in [0.3, 0.4) is 0 Å². The third-order valence-corrected chi connectivity index (χ3v) is 6.06. The third kappa shape index (κ3) is 3.20. The lowest BCUT2D eigenvalue weighted by Crippen LogP contribution is -2.12. The molecule has 0 bridgehead atoms. The molecule has 0 aliphatic carbocycles. The Morgan fingerprint density at radius 2 is 1.71 bits per heavy atom. The Kier molecular flexibility index (Phi) is 4.18. The highest BCUT2D eigenvalue weighted by atomic mass is 32.2. The van der Waals surface area contributed by atoms with Gasteiger partial charge in [0.05, 0.1) is 10.6 Å². The van der Waals surface area contributed by atoms with Crippen molar-refractivity contribution >= 4 is 26.5 Å². The monoisotopic (exact) mass is 363 g/mol. The van der Waals surface area contributed by atoms with E-state index in [1.807, 2.05) is 20.8 Å². The predicted molar refractivity (Wildman–Crippen MR) is 93.8 cm³/mol. The number of anilines is 1. The third-order valence-electron chi connectivity index (χ3n) is 3.59. The molecule has 0 radical (unpaired) electrons. The van der Waals surface area contributed by atoms with Gasteiger partial charge in [-0.05, 0) is 32.9 Å². The summed E-state index contributed by atoms with van der Waals surface area (Å²) < 4.78 is 32.9. The quantitative estimate of drug-likeness (QED) is 0.761. The molecule has 0 amide bonds. The molecule has 24 heavy (non-hydrogen) atoms. The summed E-state index contributed by atoms with van der Waals surface area (Å²) in [7, 11) is -3.67. The number of benzene rings is 1. The van der Waals surface area contributed by atoms with Gasteiger partial charge in [-0.1, -0.05) is 12.1 Å². The Balaban J connectivity index is 1.88. The zero-order valence-electron chi connectivity index (χ0n) is 13.7. The van der Waals surface area contributed by atoms with Gasteiger partial charge in [0.2, 0.25) is 0 Å². The predicted octanol–water partition coefficient (Wildman–Crippen LogP) is 3.83. The summed E-state index contributed by atoms with van der Waals surface area (Å²) in [6, 6.07) is 6.54. The van der Waals surface area contributed by atoms with Crippen molar-refractivity contribution in [3.8, 4) is 11.3 Å². The summed E-state index contributed by atoms with van der Waals surface area (Å²) >= 11 is 1.32. The first-order chi connectivity index (χ1) is 11.3. The first-order valence-electron chi connectivity index (χ1n) is 7.27. The first-order valence-corrected chi connectivity index (χ1v) is 9.57. The van der Waals surface area contributed by atoms with Crippen molar-refractivity contribution in [3.05, 3.63) is 46.5 Å². The van der Waals surface area contributed by atoms with Crippen LogP contribution in [-0.4, -0.2) is 18.4 Å². The number of thiazole rings is 1. The van der Waals surface area contributed by atoms with E-state index in [-0.39, 0.29) is 4.90 Å². The molecular weight excluding hydrogens is 346 g/mol. The second-order valence-electron chi connectivity index (χ2n) is 5.43. The molecule has 0 saturated carbocycles. The molecule has 0 aliphatic rings. The summed E-state index contributed by atoms with van der Waals surface area (Å²) in [5.74, 6) is 1.28. The van der Waals surface area contributed by atoms with Crippen LogP contribution >= 0.6 is 11.3 Å². The average Bonchev–Trinajstić information content (AvgIpc) is 3.00. The Labute approximate surface area is 144 Å². The van der Waals surface area contributed by atoms with Gasteiger partial charge < -0.3 is 4.42 Å². The topological polar surface area (TPSA) is 85.1 Å². The number of nitrogens with zero attached hydrogens (tertiary/aromatic N) is 2. The fraction of sp³-hybridized carbons (Fsp3) is 0.250. The molecule has 0 spiro atoms. The van der Waals surface area contributed by atoms with Gasteiger partial charge in [-0.3, -0.25) is 4.72 Å². The standard InChI is InChI=1S/C16H17N3O3S2/c1-9-11(3)23-16(17-9)19-24(20,21)14-7-5-13(6-8-14)15-10(2)22-12(4)18-15/h5-8H,1-4H3,(H,17,19). The lowest BCUT2D eigenvalue weighted by atomic mass is 10.1. The van der Waals surface area contributed by atoms with E-state index in [2.05, 4.69) is 14.7 Å². The van der Waals surface area contributed by atoms with Crippen LogP contribution in [0.5, 0.6) is 0 Å². The van der Waals surface area contributed by atoms with Gasteiger partial charge in [0, 0.05) is 17.4 Å². The van der Waals surface area contributed by atoms with Crippen molar-refractivity contribution in [1.29, 1.82) is 0 Å². The lowest BCUT2D eigenvalue weighted by Gasteiger charge is -2.06. The Hall–Kier alpha value is -2.19. The molecule has 126 valence electrons. The van der Waals surface area contributed by atoms with Crippen LogP contribution in [0.1, 0.15) is 22.2 Å². The summed E-state index contributed by atoms with van der Waals surface area (Å²) in [5, 5.41) is 0.372. The maximum atomic E-state index is 12.5. The SMILES string of the molecule is Cc1nc(-c2ccc(S(=O)(=O)Nc3nc(C)c(C)s3)cc2)c(C)o1. The number of aromatic nitrogens is 2. The van der Waals surface area contributed by atoms with Crippen LogP contribution in [0.2, 0.25) is 0 Å². The minimum atomic E-state index is -3.67. The highest BCUT2D eigenvalue weighted by molar-refractivity contribution is 7.93. The molecule has 3 aromatic rings. The number of sulfonamides is 1. The molecule has 8 heteroatoms. The molecule has 0 aliphatic heterocycles. The van der Waals surface area contributed by atoms with Crippen molar-refractivity contribution in [2.45, 2.75) is 32.6 Å². The fourth-order valence-corrected chi connectivity index (χ4v) is 4.33. The maximum Gasteiger partial charge on any atom is 0.263 e. The fourth-order valence-electron chi connectivity index (χ4n) is 2.28. The highest BCUT2D eigenvalue weighted by Crippen LogP contribution is 2.27. The first kappa shape index (κ1) is 16.7. The van der Waals surface area contributed by atoms with Gasteiger partial charge in [-0.25, -0.2) is 18.4 Å². The number of nitrogens with one attached hydrogen (secondary N) is 1. The Morgan fingerprint density at radius 3 is 2.21 bits per heavy atom. The molecule has 1 aromatic carbocycles. The van der Waals surface area contributed by atoms with Crippen molar-refractivity contribution in [3.63, 3.8) is 0 Å². The van der Waals surface area contributed by atoms with Crippen LogP contribution in [0.4, 0.5) is 5.13 Å². The summed E-state index contributed by atoms with van der Waals surface area (Å²) in [4.78, 5) is 9.68. The van der Waals surface area contributed by atoms with E-state index >= 15 is 0 Å². The molecule has 1 N–H and O–H groups in total. The normalized spacial score (nSPS) is 11.7. The van der Waals surface area contributed by atoms with Crippen LogP contribution in [0, 0.1) is 27.7 Å². The van der Waals surface area contributed by atoms with E-state index in [1.54, 1.807) is 31.2 Å². The summed E-state index contributed by atoms with van der Waals surface area (Å²) in [6.45, 7) is 7.36. The zero-order chi connectivity index (χ0) is 17.5. The zero-order valence-corrected chi connectivity index (χ0v) is 15.4. The number of oxazole rings is 1. The van der Waals surface area contributed by atoms with Crippen LogP contribution in [-0.2, 0) is 10.0 Å². The second-order valence-corrected chi connectivity index (χ2v) is 8.31. The maximum absolute atomic E-state index is 12.5. The minimum absolute atomic E-state index is 0.176.